The Morgan fingerprint density at radius 3 is 1.36 bits per heavy atom. The third-order valence-corrected chi connectivity index (χ3v) is 6.58. The largest absolute Gasteiger partial charge is 0.481 e. The summed E-state index contributed by atoms with van der Waals surface area (Å²) in [6, 6.07) is 0. The fourth-order valence-electron chi connectivity index (χ4n) is 4.42. The molecule has 0 radical (unpaired) electrons. The summed E-state index contributed by atoms with van der Waals surface area (Å²) in [5.74, 6) is -0.802. The van der Waals surface area contributed by atoms with Crippen LogP contribution in [0, 0.1) is 0 Å². The van der Waals surface area contributed by atoms with E-state index in [2.05, 4.69) is 13.8 Å². The van der Waals surface area contributed by atoms with Crippen LogP contribution in [0.15, 0.2) is 0 Å². The lowest BCUT2D eigenvalue weighted by molar-refractivity contribution is -0.150. The molecule has 0 amide bonds. The number of hydrogen-bond donors (Lipinski definition) is 1. The van der Waals surface area contributed by atoms with Gasteiger partial charge in [0.2, 0.25) is 0 Å². The first-order valence-corrected chi connectivity index (χ1v) is 14.5. The Bertz CT molecular complexity index is 435. The van der Waals surface area contributed by atoms with E-state index in [4.69, 9.17) is 9.84 Å². The molecule has 0 saturated carbocycles. The molecule has 196 valence electrons. The molecular formula is C29H56O4. The molecule has 0 aliphatic rings. The van der Waals surface area contributed by atoms with Gasteiger partial charge in [0.1, 0.15) is 6.10 Å². The zero-order valence-corrected chi connectivity index (χ0v) is 22.2. The molecule has 1 N–H and O–H groups in total. The van der Waals surface area contributed by atoms with Gasteiger partial charge in [-0.15, -0.1) is 0 Å². The van der Waals surface area contributed by atoms with Crippen molar-refractivity contribution in [2.75, 3.05) is 0 Å². The predicted octanol–water partition coefficient (Wildman–Crippen LogP) is 9.39. The summed E-state index contributed by atoms with van der Waals surface area (Å²) < 4.78 is 5.81. The molecule has 0 aromatic heterocycles. The molecule has 0 aliphatic heterocycles. The van der Waals surface area contributed by atoms with Gasteiger partial charge in [-0.1, -0.05) is 117 Å². The number of rotatable bonds is 26. The molecule has 4 heteroatoms. The van der Waals surface area contributed by atoms with Gasteiger partial charge in [0.15, 0.2) is 0 Å². The van der Waals surface area contributed by atoms with Crippen LogP contribution in [0.4, 0.5) is 0 Å². The van der Waals surface area contributed by atoms with Crippen molar-refractivity contribution in [3.8, 4) is 0 Å². The van der Waals surface area contributed by atoms with Gasteiger partial charge >= 0.3 is 11.9 Å². The van der Waals surface area contributed by atoms with Crippen molar-refractivity contribution in [3.63, 3.8) is 0 Å². The van der Waals surface area contributed by atoms with Gasteiger partial charge in [0.05, 0.1) is 0 Å². The number of esters is 1. The normalized spacial score (nSPS) is 12.1. The SMILES string of the molecule is CCCCCCCCCCCCCC(=O)OC(CCCCCCCCC)CCCCC(=O)O. The van der Waals surface area contributed by atoms with Crippen LogP contribution in [0.2, 0.25) is 0 Å². The van der Waals surface area contributed by atoms with Crippen LogP contribution in [0.1, 0.15) is 168 Å². The molecule has 0 aliphatic carbocycles. The van der Waals surface area contributed by atoms with E-state index in [-0.39, 0.29) is 18.5 Å². The van der Waals surface area contributed by atoms with Crippen LogP contribution in [-0.4, -0.2) is 23.1 Å². The highest BCUT2D eigenvalue weighted by Gasteiger charge is 2.14. The molecule has 0 aromatic carbocycles. The average Bonchev–Trinajstić information content (AvgIpc) is 2.79. The molecule has 1 atom stereocenters. The lowest BCUT2D eigenvalue weighted by atomic mass is 10.0. The van der Waals surface area contributed by atoms with Gasteiger partial charge in [-0.3, -0.25) is 9.59 Å². The first-order valence-electron chi connectivity index (χ1n) is 14.5. The number of aliphatic carboxylic acids is 1. The summed E-state index contributed by atoms with van der Waals surface area (Å²) in [5, 5.41) is 8.83. The second kappa shape index (κ2) is 25.6. The van der Waals surface area contributed by atoms with Gasteiger partial charge in [-0.05, 0) is 38.5 Å². The molecule has 0 saturated heterocycles. The Morgan fingerprint density at radius 1 is 0.545 bits per heavy atom. The molecule has 0 rings (SSSR count). The molecule has 4 nitrogen and oxygen atoms in total. The smallest absolute Gasteiger partial charge is 0.306 e. The Morgan fingerprint density at radius 2 is 0.909 bits per heavy atom. The molecular weight excluding hydrogens is 412 g/mol. The van der Waals surface area contributed by atoms with E-state index in [0.717, 1.165) is 38.5 Å². The summed E-state index contributed by atoms with van der Waals surface area (Å²) >= 11 is 0. The summed E-state index contributed by atoms with van der Waals surface area (Å²) in [7, 11) is 0. The third-order valence-electron chi connectivity index (χ3n) is 6.58. The van der Waals surface area contributed by atoms with Crippen molar-refractivity contribution in [1.29, 1.82) is 0 Å². The summed E-state index contributed by atoms with van der Waals surface area (Å²) in [5.41, 5.74) is 0. The van der Waals surface area contributed by atoms with E-state index < -0.39 is 5.97 Å². The maximum atomic E-state index is 12.3. The minimum absolute atomic E-state index is 0.0327. The van der Waals surface area contributed by atoms with Crippen molar-refractivity contribution in [2.45, 2.75) is 174 Å². The van der Waals surface area contributed by atoms with Gasteiger partial charge in [-0.2, -0.15) is 0 Å². The minimum Gasteiger partial charge on any atom is -0.481 e. The summed E-state index contributed by atoms with van der Waals surface area (Å²) in [6.07, 6.45) is 26.7. The Hall–Kier alpha value is -1.06. The van der Waals surface area contributed by atoms with E-state index >= 15 is 0 Å². The number of unbranched alkanes of at least 4 members (excludes halogenated alkanes) is 17. The quantitative estimate of drug-likeness (QED) is 0.101. The molecule has 0 heterocycles. The predicted molar refractivity (Wildman–Crippen MR) is 140 cm³/mol. The maximum absolute atomic E-state index is 12.3. The molecule has 1 unspecified atom stereocenters. The van der Waals surface area contributed by atoms with Gasteiger partial charge in [-0.25, -0.2) is 0 Å². The van der Waals surface area contributed by atoms with Crippen molar-refractivity contribution in [2.24, 2.45) is 0 Å². The number of carboxylic acids is 1. The van der Waals surface area contributed by atoms with Crippen LogP contribution in [0.25, 0.3) is 0 Å². The highest BCUT2D eigenvalue weighted by atomic mass is 16.5. The molecule has 0 spiro atoms. The fraction of sp³-hybridized carbons (Fsp3) is 0.931. The number of carbonyl (C=O) groups excluding carboxylic acids is 1. The molecule has 0 bridgehead atoms. The molecule has 0 fully saturated rings. The second-order valence-electron chi connectivity index (χ2n) is 9.95. The Labute approximate surface area is 205 Å². The van der Waals surface area contributed by atoms with E-state index in [1.165, 1.54) is 96.3 Å². The van der Waals surface area contributed by atoms with Crippen LogP contribution in [0.5, 0.6) is 0 Å². The topological polar surface area (TPSA) is 63.6 Å². The molecule has 33 heavy (non-hydrogen) atoms. The number of hydrogen-bond acceptors (Lipinski definition) is 3. The van der Waals surface area contributed by atoms with Crippen LogP contribution >= 0.6 is 0 Å². The zero-order chi connectivity index (χ0) is 24.4. The second-order valence-corrected chi connectivity index (χ2v) is 9.95. The van der Waals surface area contributed by atoms with Crippen molar-refractivity contribution in [3.05, 3.63) is 0 Å². The highest BCUT2D eigenvalue weighted by molar-refractivity contribution is 5.69. The van der Waals surface area contributed by atoms with Crippen molar-refractivity contribution in [1.82, 2.24) is 0 Å². The Kier molecular flexibility index (Phi) is 24.7. The molecule has 0 aromatic rings. The lowest BCUT2D eigenvalue weighted by Gasteiger charge is -2.18. The van der Waals surface area contributed by atoms with Gasteiger partial charge in [0.25, 0.3) is 0 Å². The van der Waals surface area contributed by atoms with Gasteiger partial charge in [0, 0.05) is 12.8 Å². The first-order chi connectivity index (χ1) is 16.1. The van der Waals surface area contributed by atoms with Crippen molar-refractivity contribution >= 4 is 11.9 Å². The highest BCUT2D eigenvalue weighted by Crippen LogP contribution is 2.18. The van der Waals surface area contributed by atoms with Crippen LogP contribution < -0.4 is 0 Å². The van der Waals surface area contributed by atoms with Crippen LogP contribution in [0.3, 0.4) is 0 Å². The summed E-state index contributed by atoms with van der Waals surface area (Å²) in [4.78, 5) is 23.1. The zero-order valence-electron chi connectivity index (χ0n) is 22.2. The monoisotopic (exact) mass is 468 g/mol. The standard InChI is InChI=1S/C29H56O4/c1-3-5-7-9-11-12-13-14-16-18-20-26-29(32)33-27(24-21-22-25-28(30)31)23-19-17-15-10-8-6-4-2/h27H,3-26H2,1-2H3,(H,30,31). The first kappa shape index (κ1) is 31.9. The van der Waals surface area contributed by atoms with Crippen LogP contribution in [-0.2, 0) is 14.3 Å². The number of carboxylic acid groups (broad SMARTS) is 1. The number of carbonyl (C=O) groups is 2. The fourth-order valence-corrected chi connectivity index (χ4v) is 4.42. The van der Waals surface area contributed by atoms with E-state index in [0.29, 0.717) is 12.8 Å². The average molecular weight is 469 g/mol. The number of ether oxygens (including phenoxy) is 1. The van der Waals surface area contributed by atoms with E-state index in [9.17, 15) is 9.59 Å². The summed E-state index contributed by atoms with van der Waals surface area (Å²) in [6.45, 7) is 4.49. The van der Waals surface area contributed by atoms with E-state index in [1.54, 1.807) is 0 Å². The Balaban J connectivity index is 3.90. The van der Waals surface area contributed by atoms with E-state index in [1.807, 2.05) is 0 Å². The third kappa shape index (κ3) is 25.4. The maximum Gasteiger partial charge on any atom is 0.306 e. The van der Waals surface area contributed by atoms with Gasteiger partial charge < -0.3 is 9.84 Å². The minimum atomic E-state index is -0.743. The lowest BCUT2D eigenvalue weighted by Crippen LogP contribution is -2.18. The van der Waals surface area contributed by atoms with Crippen molar-refractivity contribution < 1.29 is 19.4 Å².